The zero-order chi connectivity index (χ0) is 37.5. The molecule has 8 unspecified atom stereocenters. The molecule has 0 heterocycles. The molecule has 16 nitrogen and oxygen atoms in total. The average molecular weight is 968 g/mol. The van der Waals surface area contributed by atoms with Crippen LogP contribution in [0.15, 0.2) is 0 Å². The van der Waals surface area contributed by atoms with E-state index in [9.17, 15) is 20.4 Å². The first-order valence-corrected chi connectivity index (χ1v) is 16.5. The molecule has 0 spiro atoms. The Morgan fingerprint density at radius 1 is 0.281 bits per heavy atom. The number of hydrogen-bond acceptors (Lipinski definition) is 16. The molecule has 0 aromatic carbocycles. The average Bonchev–Trinajstić information content (AvgIpc) is 2.95. The predicted octanol–water partition coefficient (Wildman–Crippen LogP) is 8.65. The van der Waals surface area contributed by atoms with Crippen LogP contribution in [0.5, 0.6) is 0 Å². The van der Waals surface area contributed by atoms with Gasteiger partial charge in [0.25, 0.3) is 0 Å². The van der Waals surface area contributed by atoms with E-state index in [2.05, 4.69) is 0 Å². The fraction of sp³-hybridized carbons (Fsp3) is 1.00. The molecular weight excluding hydrogens is 833 g/mol. The van der Waals surface area contributed by atoms with Crippen LogP contribution in [0.4, 0.5) is 0 Å². The Hall–Kier alpha value is -0.640. The lowest BCUT2D eigenvalue weighted by atomic mass is 9.92. The molecule has 0 amide bonds. The van der Waals surface area contributed by atoms with Crippen molar-refractivity contribution in [3.8, 4) is 0 Å². The lowest BCUT2D eigenvalue weighted by molar-refractivity contribution is -0.128. The van der Waals surface area contributed by atoms with Gasteiger partial charge in [0.15, 0.2) is 0 Å². The Bertz CT molecular complexity index is 580. The first kappa shape index (κ1) is 125. The summed E-state index contributed by atoms with van der Waals surface area (Å²) in [6.07, 6.45) is -4.91. The van der Waals surface area contributed by atoms with Gasteiger partial charge in [-0.05, 0) is 55.4 Å². The number of aliphatic hydroxyl groups is 9. The van der Waals surface area contributed by atoms with Crippen LogP contribution in [0.1, 0.15) is 174 Å². The van der Waals surface area contributed by atoms with Crippen LogP contribution in [0.25, 0.3) is 0 Å². The smallest absolute Gasteiger partial charge is 0.104 e. The van der Waals surface area contributed by atoms with E-state index in [4.69, 9.17) is 58.7 Å². The number of aliphatic hydroxyl groups excluding tert-OH is 9. The fourth-order valence-corrected chi connectivity index (χ4v) is 3.19. The van der Waals surface area contributed by atoms with E-state index in [0.717, 1.165) is 0 Å². The van der Waals surface area contributed by atoms with Gasteiger partial charge >= 0.3 is 0 Å². The first-order valence-electron chi connectivity index (χ1n) is 16.5. The molecule has 64 heavy (non-hydrogen) atoms. The van der Waals surface area contributed by atoms with E-state index in [1.54, 1.807) is 48.5 Å². The molecule has 0 aliphatic carbocycles. The Balaban J connectivity index is -0.0000000279. The van der Waals surface area contributed by atoms with Gasteiger partial charge in [0.2, 0.25) is 0 Å². The number of ether oxygens (including phenoxy) is 7. The summed E-state index contributed by atoms with van der Waals surface area (Å²) in [4.78, 5) is 0. The zero-order valence-corrected chi connectivity index (χ0v) is 30.5. The lowest BCUT2D eigenvalue weighted by Gasteiger charge is -2.33. The maximum atomic E-state index is 9.38. The highest BCUT2D eigenvalue weighted by molar-refractivity contribution is 4.80. The van der Waals surface area contributed by atoms with E-state index in [-0.39, 0.29) is 217 Å². The minimum atomic E-state index is -0.687. The van der Waals surface area contributed by atoms with Crippen molar-refractivity contribution in [2.24, 2.45) is 5.41 Å². The highest BCUT2D eigenvalue weighted by Crippen LogP contribution is 2.21. The minimum absolute atomic E-state index is 0. The van der Waals surface area contributed by atoms with Crippen molar-refractivity contribution < 1.29 is 79.1 Å². The van der Waals surface area contributed by atoms with Gasteiger partial charge < -0.3 is 79.1 Å². The van der Waals surface area contributed by atoms with Gasteiger partial charge in [0.05, 0.1) is 147 Å². The summed E-state index contributed by atoms with van der Waals surface area (Å²) >= 11 is 0. The summed E-state index contributed by atoms with van der Waals surface area (Å²) in [7, 11) is 0. The Morgan fingerprint density at radius 3 is 0.609 bits per heavy atom. The summed E-state index contributed by atoms with van der Waals surface area (Å²) in [6.45, 7) is 15.4. The Labute approximate surface area is 405 Å². The van der Waals surface area contributed by atoms with Gasteiger partial charge in [-0.15, -0.1) is 0 Å². The standard InChI is InChI=1S/C17H36O8.C12H26O6.C3H8O2.16CH4/c1-13(18)5-22-9-17(10-23-6-14(2)19,11-24-7-15(3)20)12-25-8-16(4)21;1-9(13)4-16-7-12(18-6-11(3)15)8-17-5-10(2)14;1-3(5)2-4;;;;;;;;;;;;;;;;/h13-16,18-21H,5-12H2,1-4H3;9-15H,4-8H2,1-3H3;3-5H,2H2,1H3;16*1H4. The van der Waals surface area contributed by atoms with Crippen LogP contribution >= 0.6 is 0 Å². The minimum Gasteiger partial charge on any atom is -0.394 e. The van der Waals surface area contributed by atoms with Gasteiger partial charge in [0, 0.05) is 0 Å². The van der Waals surface area contributed by atoms with Crippen molar-refractivity contribution >= 4 is 0 Å². The second-order valence-electron chi connectivity index (χ2n) is 12.6. The summed E-state index contributed by atoms with van der Waals surface area (Å²) < 4.78 is 38.1. The normalized spacial score (nSPS) is 13.8. The van der Waals surface area contributed by atoms with Crippen molar-refractivity contribution in [3.05, 3.63) is 0 Å². The van der Waals surface area contributed by atoms with Gasteiger partial charge in [-0.3, -0.25) is 0 Å². The van der Waals surface area contributed by atoms with E-state index in [0.29, 0.717) is 0 Å². The first-order chi connectivity index (χ1) is 22.3. The Kier molecular flexibility index (Phi) is 161. The SMILES string of the molecule is C.C.C.C.C.C.C.C.C.C.C.C.C.C.C.C.CC(O)CO.CC(O)COCC(COCC(C)O)(COCC(C)O)COCC(C)O.CC(O)COCC(COCC(C)O)OCC(C)O. The summed E-state index contributed by atoms with van der Waals surface area (Å²) in [5, 5.41) is 80.8. The summed E-state index contributed by atoms with van der Waals surface area (Å²) in [6, 6.07) is 0. The van der Waals surface area contributed by atoms with Gasteiger partial charge in [-0.25, -0.2) is 0 Å². The molecule has 0 radical (unpaired) electrons. The second kappa shape index (κ2) is 82.5. The quantitative estimate of drug-likeness (QED) is 0.0356. The van der Waals surface area contributed by atoms with Gasteiger partial charge in [0.1, 0.15) is 6.10 Å². The van der Waals surface area contributed by atoms with Crippen LogP contribution in [-0.2, 0) is 33.2 Å². The molecular formula is C48H134O16. The third-order valence-corrected chi connectivity index (χ3v) is 5.23. The van der Waals surface area contributed by atoms with Crippen molar-refractivity contribution in [3.63, 3.8) is 0 Å². The topological polar surface area (TPSA) is 247 Å². The van der Waals surface area contributed by atoms with E-state index in [1.807, 2.05) is 0 Å². The van der Waals surface area contributed by atoms with Gasteiger partial charge in [-0.1, -0.05) is 119 Å². The third-order valence-electron chi connectivity index (χ3n) is 5.23. The summed E-state index contributed by atoms with van der Waals surface area (Å²) in [5.41, 5.74) is -0.687. The number of rotatable bonds is 28. The molecule has 0 rings (SSSR count). The molecule has 0 fully saturated rings. The molecule has 0 saturated heterocycles. The maximum Gasteiger partial charge on any atom is 0.104 e. The van der Waals surface area contributed by atoms with Crippen LogP contribution in [0, 0.1) is 5.41 Å². The highest BCUT2D eigenvalue weighted by Gasteiger charge is 2.33. The molecule has 0 saturated carbocycles. The predicted molar refractivity (Wildman–Crippen MR) is 285 cm³/mol. The van der Waals surface area contributed by atoms with E-state index in [1.165, 1.54) is 6.92 Å². The second-order valence-corrected chi connectivity index (χ2v) is 12.6. The van der Waals surface area contributed by atoms with Crippen molar-refractivity contribution in [1.82, 2.24) is 0 Å². The lowest BCUT2D eigenvalue weighted by Crippen LogP contribution is -2.43. The molecule has 0 aliphatic heterocycles. The van der Waals surface area contributed by atoms with Crippen molar-refractivity contribution in [2.45, 2.75) is 229 Å². The zero-order valence-electron chi connectivity index (χ0n) is 30.5. The molecule has 0 aromatic rings. The van der Waals surface area contributed by atoms with Crippen molar-refractivity contribution in [1.29, 1.82) is 0 Å². The Morgan fingerprint density at radius 2 is 0.453 bits per heavy atom. The fourth-order valence-electron chi connectivity index (χ4n) is 3.19. The molecule has 0 aliphatic rings. The number of hydrogen-bond donors (Lipinski definition) is 9. The third kappa shape index (κ3) is 104. The molecule has 8 atom stereocenters. The monoisotopic (exact) mass is 967 g/mol. The van der Waals surface area contributed by atoms with E-state index >= 15 is 0 Å². The van der Waals surface area contributed by atoms with Crippen LogP contribution in [0.2, 0.25) is 0 Å². The van der Waals surface area contributed by atoms with E-state index < -0.39 is 54.2 Å². The molecule has 0 aromatic heterocycles. The van der Waals surface area contributed by atoms with Gasteiger partial charge in [-0.2, -0.15) is 0 Å². The molecule has 0 bridgehead atoms. The van der Waals surface area contributed by atoms with Crippen LogP contribution < -0.4 is 0 Å². The summed E-state index contributed by atoms with van der Waals surface area (Å²) in [5.74, 6) is 0. The molecule has 16 heteroatoms. The molecule has 422 valence electrons. The van der Waals surface area contributed by atoms with Crippen molar-refractivity contribution in [2.75, 3.05) is 92.5 Å². The van der Waals surface area contributed by atoms with Crippen LogP contribution in [-0.4, -0.2) is 193 Å². The largest absolute Gasteiger partial charge is 0.394 e. The molecule has 9 N–H and O–H groups in total. The van der Waals surface area contributed by atoms with Crippen LogP contribution in [0.3, 0.4) is 0 Å². The maximum absolute atomic E-state index is 9.38. The highest BCUT2D eigenvalue weighted by atomic mass is 16.6.